The molecule has 0 spiro atoms. The first-order valence-corrected chi connectivity index (χ1v) is 10.2. The van der Waals surface area contributed by atoms with Gasteiger partial charge in [-0.3, -0.25) is 14.6 Å². The van der Waals surface area contributed by atoms with E-state index in [1.165, 1.54) is 12.1 Å². The topological polar surface area (TPSA) is 31.7 Å². The first-order valence-electron chi connectivity index (χ1n) is 10.2. The molecule has 6 heteroatoms. The fourth-order valence-corrected chi connectivity index (χ4v) is 4.32. The lowest BCUT2D eigenvalue weighted by molar-refractivity contribution is 0.0971. The van der Waals surface area contributed by atoms with Crippen LogP contribution in [0.5, 0.6) is 0 Å². The zero-order valence-electron chi connectivity index (χ0n) is 16.6. The van der Waals surface area contributed by atoms with E-state index >= 15 is 0 Å². The largest absolute Gasteiger partial charge is 0.369 e. The normalized spacial score (nSPS) is 18.9. The van der Waals surface area contributed by atoms with Gasteiger partial charge in [-0.05, 0) is 49.3 Å². The van der Waals surface area contributed by atoms with Gasteiger partial charge in [0, 0.05) is 76.4 Å². The average molecular weight is 384 g/mol. The number of hydrogen-bond donors (Lipinski definition) is 0. The summed E-state index contributed by atoms with van der Waals surface area (Å²) in [4.78, 5) is 19.5. The number of piperazine rings is 1. The number of benzene rings is 1. The van der Waals surface area contributed by atoms with Crippen molar-refractivity contribution < 1.29 is 9.18 Å². The molecule has 1 fully saturated rings. The number of halogens is 1. The van der Waals surface area contributed by atoms with Gasteiger partial charge in [0.2, 0.25) is 0 Å². The Bertz CT molecular complexity index is 808. The van der Waals surface area contributed by atoms with Gasteiger partial charge < -0.3 is 9.47 Å². The highest BCUT2D eigenvalue weighted by atomic mass is 19.1. The van der Waals surface area contributed by atoms with E-state index < -0.39 is 0 Å². The minimum Gasteiger partial charge on any atom is -0.369 e. The number of carbonyl (C=O) groups is 1. The van der Waals surface area contributed by atoms with Gasteiger partial charge in [-0.15, -0.1) is 0 Å². The standard InChI is InChI=1S/C22H29FN4O/c1-24-15-18-16-26(10-7-22(28)21(18)17-24)9-2-8-25-11-13-27(14-12-25)20-5-3-19(23)4-6-20/h3-6,15,17H,2,7-14,16H2,1H3. The summed E-state index contributed by atoms with van der Waals surface area (Å²) in [6, 6.07) is 6.80. The number of fused-ring (bicyclic) bond motifs is 1. The first kappa shape index (κ1) is 19.2. The molecule has 5 nitrogen and oxygen atoms in total. The average Bonchev–Trinajstić information content (AvgIpc) is 3.00. The second-order valence-electron chi connectivity index (χ2n) is 7.97. The number of nitrogens with zero attached hydrogens (tertiary/aromatic N) is 4. The molecule has 150 valence electrons. The van der Waals surface area contributed by atoms with E-state index in [-0.39, 0.29) is 11.6 Å². The van der Waals surface area contributed by atoms with Gasteiger partial charge >= 0.3 is 0 Å². The highest BCUT2D eigenvalue weighted by molar-refractivity contribution is 5.97. The summed E-state index contributed by atoms with van der Waals surface area (Å²) in [7, 11) is 1.98. The molecule has 2 aliphatic heterocycles. The maximum absolute atomic E-state index is 13.1. The fraction of sp³-hybridized carbons (Fsp3) is 0.500. The molecule has 0 aliphatic carbocycles. The molecule has 1 aromatic heterocycles. The predicted molar refractivity (Wildman–Crippen MR) is 109 cm³/mol. The first-order chi connectivity index (χ1) is 13.6. The van der Waals surface area contributed by atoms with Crippen LogP contribution in [-0.4, -0.2) is 66.0 Å². The van der Waals surface area contributed by atoms with Crippen molar-refractivity contribution in [3.05, 3.63) is 53.6 Å². The van der Waals surface area contributed by atoms with Crippen molar-refractivity contribution in [1.29, 1.82) is 0 Å². The maximum atomic E-state index is 13.1. The van der Waals surface area contributed by atoms with Gasteiger partial charge in [0.1, 0.15) is 5.82 Å². The Balaban J connectivity index is 1.22. The molecule has 0 radical (unpaired) electrons. The zero-order valence-corrected chi connectivity index (χ0v) is 16.6. The molecule has 1 aromatic carbocycles. The van der Waals surface area contributed by atoms with Gasteiger partial charge in [0.05, 0.1) is 0 Å². The number of anilines is 1. The molecule has 0 unspecified atom stereocenters. The van der Waals surface area contributed by atoms with Crippen LogP contribution < -0.4 is 4.90 Å². The molecule has 0 bridgehead atoms. The summed E-state index contributed by atoms with van der Waals surface area (Å²) in [5.41, 5.74) is 3.17. The molecule has 0 N–H and O–H groups in total. The molecule has 0 atom stereocenters. The van der Waals surface area contributed by atoms with Crippen molar-refractivity contribution in [3.63, 3.8) is 0 Å². The lowest BCUT2D eigenvalue weighted by atomic mass is 10.1. The summed E-state index contributed by atoms with van der Waals surface area (Å²) in [5.74, 6) is 0.0928. The number of aromatic nitrogens is 1. The number of hydrogen-bond acceptors (Lipinski definition) is 4. The fourth-order valence-electron chi connectivity index (χ4n) is 4.32. The van der Waals surface area contributed by atoms with Gasteiger partial charge in [-0.1, -0.05) is 0 Å². The van der Waals surface area contributed by atoms with E-state index in [2.05, 4.69) is 20.9 Å². The summed E-state index contributed by atoms with van der Waals surface area (Å²) >= 11 is 0. The lowest BCUT2D eigenvalue weighted by Gasteiger charge is -2.36. The number of Topliss-reactive ketones (excluding diaryl/α,β-unsaturated/α-hetero) is 1. The molecular weight excluding hydrogens is 355 g/mol. The Kier molecular flexibility index (Phi) is 5.78. The van der Waals surface area contributed by atoms with Gasteiger partial charge in [-0.25, -0.2) is 4.39 Å². The van der Waals surface area contributed by atoms with Crippen molar-refractivity contribution >= 4 is 11.5 Å². The van der Waals surface area contributed by atoms with Gasteiger partial charge in [-0.2, -0.15) is 0 Å². The molecule has 28 heavy (non-hydrogen) atoms. The van der Waals surface area contributed by atoms with E-state index in [4.69, 9.17) is 0 Å². The monoisotopic (exact) mass is 384 g/mol. The van der Waals surface area contributed by atoms with Gasteiger partial charge in [0.15, 0.2) is 5.78 Å². The summed E-state index contributed by atoms with van der Waals surface area (Å²) < 4.78 is 15.1. The summed E-state index contributed by atoms with van der Waals surface area (Å²) in [6.07, 6.45) is 5.78. The summed E-state index contributed by atoms with van der Waals surface area (Å²) in [6.45, 7) is 7.89. The SMILES string of the molecule is Cn1cc2c(c1)C(=O)CCN(CCCN1CCN(c3ccc(F)cc3)CC1)C2. The van der Waals surface area contributed by atoms with Crippen molar-refractivity contribution in [2.75, 3.05) is 50.7 Å². The third kappa shape index (κ3) is 4.45. The number of rotatable bonds is 5. The van der Waals surface area contributed by atoms with Crippen LogP contribution in [0.4, 0.5) is 10.1 Å². The van der Waals surface area contributed by atoms with E-state index in [0.717, 1.165) is 75.6 Å². The quantitative estimate of drug-likeness (QED) is 0.793. The molecule has 0 amide bonds. The number of aryl methyl sites for hydroxylation is 1. The molecule has 1 saturated heterocycles. The van der Waals surface area contributed by atoms with Crippen LogP contribution in [0.1, 0.15) is 28.8 Å². The number of carbonyl (C=O) groups excluding carboxylic acids is 1. The Morgan fingerprint density at radius 1 is 0.929 bits per heavy atom. The third-order valence-electron chi connectivity index (χ3n) is 5.90. The number of ketones is 1. The van der Waals surface area contributed by atoms with Crippen molar-refractivity contribution in [3.8, 4) is 0 Å². The predicted octanol–water partition coefficient (Wildman–Crippen LogP) is 2.76. The van der Waals surface area contributed by atoms with Crippen molar-refractivity contribution in [2.45, 2.75) is 19.4 Å². The lowest BCUT2D eigenvalue weighted by Crippen LogP contribution is -2.47. The van der Waals surface area contributed by atoms with Crippen LogP contribution >= 0.6 is 0 Å². The second-order valence-corrected chi connectivity index (χ2v) is 7.97. The zero-order chi connectivity index (χ0) is 19.5. The van der Waals surface area contributed by atoms with E-state index in [1.54, 1.807) is 0 Å². The van der Waals surface area contributed by atoms with Crippen LogP contribution in [0.3, 0.4) is 0 Å². The molecule has 3 heterocycles. The third-order valence-corrected chi connectivity index (χ3v) is 5.90. The minimum atomic E-state index is -0.180. The van der Waals surface area contributed by atoms with Crippen LogP contribution in [0.2, 0.25) is 0 Å². The molecule has 0 saturated carbocycles. The van der Waals surface area contributed by atoms with Crippen LogP contribution in [0, 0.1) is 5.82 Å². The Hall–Kier alpha value is -2.18. The minimum absolute atomic E-state index is 0.180. The Morgan fingerprint density at radius 3 is 2.39 bits per heavy atom. The Morgan fingerprint density at radius 2 is 1.64 bits per heavy atom. The van der Waals surface area contributed by atoms with Crippen molar-refractivity contribution in [2.24, 2.45) is 7.05 Å². The van der Waals surface area contributed by atoms with Crippen LogP contribution in [0.25, 0.3) is 0 Å². The second kappa shape index (κ2) is 8.45. The summed E-state index contributed by atoms with van der Waals surface area (Å²) in [5, 5.41) is 0. The highest BCUT2D eigenvalue weighted by Gasteiger charge is 2.22. The van der Waals surface area contributed by atoms with E-state index in [9.17, 15) is 9.18 Å². The highest BCUT2D eigenvalue weighted by Crippen LogP contribution is 2.20. The van der Waals surface area contributed by atoms with Crippen LogP contribution in [0.15, 0.2) is 36.7 Å². The van der Waals surface area contributed by atoms with Gasteiger partial charge in [0.25, 0.3) is 0 Å². The molecular formula is C22H29FN4O. The van der Waals surface area contributed by atoms with Crippen molar-refractivity contribution in [1.82, 2.24) is 14.4 Å². The Labute approximate surface area is 166 Å². The molecule has 2 aliphatic rings. The van der Waals surface area contributed by atoms with E-state index in [1.807, 2.05) is 29.9 Å². The van der Waals surface area contributed by atoms with E-state index in [0.29, 0.717) is 6.42 Å². The van der Waals surface area contributed by atoms with Crippen LogP contribution in [-0.2, 0) is 13.6 Å². The smallest absolute Gasteiger partial charge is 0.166 e. The molecule has 2 aromatic rings. The maximum Gasteiger partial charge on any atom is 0.166 e. The molecule has 4 rings (SSSR count).